The monoisotopic (exact) mass is 364 g/mol. The maximum Gasteiger partial charge on any atom is 0.194 e. The van der Waals surface area contributed by atoms with Crippen molar-refractivity contribution in [2.75, 3.05) is 0 Å². The molecule has 0 atom stereocenters. The van der Waals surface area contributed by atoms with E-state index in [1.54, 1.807) is 11.3 Å². The molecule has 3 aromatic rings. The van der Waals surface area contributed by atoms with Crippen molar-refractivity contribution in [1.82, 2.24) is 0 Å². The van der Waals surface area contributed by atoms with Crippen molar-refractivity contribution in [2.24, 2.45) is 0 Å². The molecule has 0 amide bonds. The largest absolute Gasteiger partial charge is 0.289 e. The first-order valence-corrected chi connectivity index (χ1v) is 7.48. The summed E-state index contributed by atoms with van der Waals surface area (Å²) in [6, 6.07) is 15.6. The quantitative estimate of drug-likeness (QED) is 0.474. The van der Waals surface area contributed by atoms with Gasteiger partial charge in [0.1, 0.15) is 0 Å². The average molecular weight is 364 g/mol. The molecule has 0 fully saturated rings. The smallest absolute Gasteiger partial charge is 0.194 e. The zero-order valence-electron chi connectivity index (χ0n) is 9.39. The summed E-state index contributed by atoms with van der Waals surface area (Å²) in [5.41, 5.74) is 1.55. The van der Waals surface area contributed by atoms with Gasteiger partial charge < -0.3 is 0 Å². The predicted molar refractivity (Wildman–Crippen MR) is 84.4 cm³/mol. The second-order valence-electron chi connectivity index (χ2n) is 3.98. The second-order valence-corrected chi connectivity index (χ2v) is 6.15. The van der Waals surface area contributed by atoms with Gasteiger partial charge in [0.25, 0.3) is 0 Å². The summed E-state index contributed by atoms with van der Waals surface area (Å²) in [6.07, 6.45) is 0. The summed E-state index contributed by atoms with van der Waals surface area (Å²) >= 11 is 3.84. The lowest BCUT2D eigenvalue weighted by molar-refractivity contribution is 0.104. The third kappa shape index (κ3) is 2.08. The third-order valence-electron chi connectivity index (χ3n) is 2.81. The Kier molecular flexibility index (Phi) is 3.18. The fraction of sp³-hybridized carbons (Fsp3) is 0. The van der Waals surface area contributed by atoms with Crippen LogP contribution in [0, 0.1) is 3.57 Å². The number of ketones is 1. The van der Waals surface area contributed by atoms with E-state index in [9.17, 15) is 4.79 Å². The third-order valence-corrected chi connectivity index (χ3v) is 4.44. The number of hydrogen-bond donors (Lipinski definition) is 0. The van der Waals surface area contributed by atoms with E-state index in [1.165, 1.54) is 0 Å². The zero-order chi connectivity index (χ0) is 12.5. The molecule has 1 nitrogen and oxygen atoms in total. The van der Waals surface area contributed by atoms with Gasteiger partial charge in [-0.3, -0.25) is 4.79 Å². The van der Waals surface area contributed by atoms with E-state index in [0.29, 0.717) is 0 Å². The van der Waals surface area contributed by atoms with Crippen LogP contribution in [0.15, 0.2) is 53.9 Å². The van der Waals surface area contributed by atoms with Crippen molar-refractivity contribution < 1.29 is 4.79 Å². The number of carbonyl (C=O) groups excluding carboxylic acids is 1. The van der Waals surface area contributed by atoms with Gasteiger partial charge in [0, 0.05) is 19.4 Å². The van der Waals surface area contributed by atoms with Gasteiger partial charge in [-0.15, -0.1) is 11.3 Å². The Labute approximate surface area is 123 Å². The van der Waals surface area contributed by atoms with Gasteiger partial charge in [-0.2, -0.15) is 0 Å². The van der Waals surface area contributed by atoms with E-state index in [2.05, 4.69) is 22.6 Å². The van der Waals surface area contributed by atoms with Crippen molar-refractivity contribution in [2.45, 2.75) is 0 Å². The number of carbonyl (C=O) groups is 1. The molecule has 0 aliphatic rings. The molecule has 0 unspecified atom stereocenters. The van der Waals surface area contributed by atoms with Crippen LogP contribution in [-0.2, 0) is 0 Å². The van der Waals surface area contributed by atoms with Crippen LogP contribution in [0.2, 0.25) is 0 Å². The number of thiophene rings is 1. The number of rotatable bonds is 2. The maximum atomic E-state index is 12.5. The van der Waals surface area contributed by atoms with Crippen molar-refractivity contribution in [3.8, 4) is 0 Å². The Bertz CT molecular complexity index is 730. The predicted octanol–water partition coefficient (Wildman–Crippen LogP) is 4.74. The van der Waals surface area contributed by atoms with Gasteiger partial charge in [0.05, 0.1) is 0 Å². The molecule has 1 aromatic heterocycles. The summed E-state index contributed by atoms with van der Waals surface area (Å²) in [5.74, 6) is 0.0987. The molecule has 2 aromatic carbocycles. The van der Waals surface area contributed by atoms with Gasteiger partial charge in [-0.05, 0) is 57.6 Å². The molecule has 0 bridgehead atoms. The van der Waals surface area contributed by atoms with Crippen LogP contribution in [0.4, 0.5) is 0 Å². The van der Waals surface area contributed by atoms with Crippen LogP contribution < -0.4 is 0 Å². The highest BCUT2D eigenvalue weighted by molar-refractivity contribution is 14.1. The Hall–Kier alpha value is -1.20. The number of benzene rings is 2. The van der Waals surface area contributed by atoms with Gasteiger partial charge in [-0.1, -0.05) is 24.3 Å². The minimum atomic E-state index is 0.0987. The van der Waals surface area contributed by atoms with E-state index in [4.69, 9.17) is 0 Å². The van der Waals surface area contributed by atoms with Gasteiger partial charge in [0.2, 0.25) is 0 Å². The highest BCUT2D eigenvalue weighted by Crippen LogP contribution is 2.26. The molecule has 18 heavy (non-hydrogen) atoms. The van der Waals surface area contributed by atoms with Crippen LogP contribution in [0.5, 0.6) is 0 Å². The standard InChI is InChI=1S/C15H9IOS/c16-12-5-1-4-11(9-12)14(17)13-6-2-3-10-7-8-18-15(10)13/h1-9H. The van der Waals surface area contributed by atoms with Crippen LogP contribution >= 0.6 is 33.9 Å². The Morgan fingerprint density at radius 2 is 1.89 bits per heavy atom. The molecule has 0 N–H and O–H groups in total. The highest BCUT2D eigenvalue weighted by atomic mass is 127. The van der Waals surface area contributed by atoms with E-state index in [0.717, 1.165) is 24.8 Å². The molecule has 0 aliphatic carbocycles. The lowest BCUT2D eigenvalue weighted by Gasteiger charge is -2.03. The van der Waals surface area contributed by atoms with E-state index >= 15 is 0 Å². The first-order valence-electron chi connectivity index (χ1n) is 5.52. The molecular formula is C15H9IOS. The second kappa shape index (κ2) is 4.82. The zero-order valence-corrected chi connectivity index (χ0v) is 12.4. The van der Waals surface area contributed by atoms with E-state index in [1.807, 2.05) is 53.9 Å². The molecule has 0 radical (unpaired) electrons. The number of hydrogen-bond acceptors (Lipinski definition) is 2. The fourth-order valence-electron chi connectivity index (χ4n) is 1.96. The van der Waals surface area contributed by atoms with Crippen LogP contribution in [0.25, 0.3) is 10.1 Å². The van der Waals surface area contributed by atoms with Crippen LogP contribution in [0.1, 0.15) is 15.9 Å². The molecular weight excluding hydrogens is 355 g/mol. The molecule has 3 rings (SSSR count). The molecule has 0 aliphatic heterocycles. The minimum Gasteiger partial charge on any atom is -0.289 e. The summed E-state index contributed by atoms with van der Waals surface area (Å²) in [4.78, 5) is 12.5. The summed E-state index contributed by atoms with van der Waals surface area (Å²) in [6.45, 7) is 0. The van der Waals surface area contributed by atoms with E-state index < -0.39 is 0 Å². The van der Waals surface area contributed by atoms with E-state index in [-0.39, 0.29) is 5.78 Å². The Morgan fingerprint density at radius 1 is 1.06 bits per heavy atom. The topological polar surface area (TPSA) is 17.1 Å². The molecule has 0 spiro atoms. The molecule has 1 heterocycles. The maximum absolute atomic E-state index is 12.5. The van der Waals surface area contributed by atoms with Gasteiger partial charge >= 0.3 is 0 Å². The normalized spacial score (nSPS) is 10.7. The van der Waals surface area contributed by atoms with Crippen molar-refractivity contribution >= 4 is 49.8 Å². The van der Waals surface area contributed by atoms with Crippen LogP contribution in [-0.4, -0.2) is 5.78 Å². The first-order chi connectivity index (χ1) is 8.75. The lowest BCUT2D eigenvalue weighted by Crippen LogP contribution is -2.01. The minimum absolute atomic E-state index is 0.0987. The van der Waals surface area contributed by atoms with Crippen LogP contribution in [0.3, 0.4) is 0 Å². The summed E-state index contributed by atoms with van der Waals surface area (Å²) < 4.78 is 2.15. The molecule has 88 valence electrons. The SMILES string of the molecule is O=C(c1cccc(I)c1)c1cccc2ccsc12. The summed E-state index contributed by atoms with van der Waals surface area (Å²) in [7, 11) is 0. The number of halogens is 1. The first kappa shape index (κ1) is 11.9. The van der Waals surface area contributed by atoms with Gasteiger partial charge in [0.15, 0.2) is 5.78 Å². The molecule has 0 saturated heterocycles. The van der Waals surface area contributed by atoms with Crippen molar-refractivity contribution in [3.05, 3.63) is 68.6 Å². The van der Waals surface area contributed by atoms with Gasteiger partial charge in [-0.25, -0.2) is 0 Å². The highest BCUT2D eigenvalue weighted by Gasteiger charge is 2.13. The molecule has 3 heteroatoms. The number of fused-ring (bicyclic) bond motifs is 1. The molecule has 0 saturated carbocycles. The van der Waals surface area contributed by atoms with Crippen molar-refractivity contribution in [1.29, 1.82) is 0 Å². The average Bonchev–Trinajstić information content (AvgIpc) is 2.86. The fourth-order valence-corrected chi connectivity index (χ4v) is 3.41. The Morgan fingerprint density at radius 3 is 2.72 bits per heavy atom. The van der Waals surface area contributed by atoms with Crippen molar-refractivity contribution in [3.63, 3.8) is 0 Å². The summed E-state index contributed by atoms with van der Waals surface area (Å²) in [5, 5.41) is 3.16. The Balaban J connectivity index is 2.15. The lowest BCUT2D eigenvalue weighted by atomic mass is 10.0.